The summed E-state index contributed by atoms with van der Waals surface area (Å²) in [6.07, 6.45) is 0.622. The van der Waals surface area contributed by atoms with Gasteiger partial charge in [-0.15, -0.1) is 0 Å². The van der Waals surface area contributed by atoms with Crippen molar-refractivity contribution in [1.29, 1.82) is 0 Å². The van der Waals surface area contributed by atoms with Crippen LogP contribution in [0.25, 0.3) is 0 Å². The number of carbonyl (C=O) groups is 2. The first kappa shape index (κ1) is 18.5. The minimum Gasteiger partial charge on any atom is -0.481 e. The summed E-state index contributed by atoms with van der Waals surface area (Å²) in [5.41, 5.74) is 7.04. The Bertz CT molecular complexity index is 774. The molecular weight excluding hydrogens is 342 g/mol. The highest BCUT2D eigenvalue weighted by molar-refractivity contribution is 7.80. The van der Waals surface area contributed by atoms with E-state index in [1.807, 2.05) is 26.0 Å². The third kappa shape index (κ3) is 5.32. The molecule has 3 N–H and O–H groups in total. The molecule has 0 saturated carbocycles. The number of hydrogen-bond acceptors (Lipinski definition) is 5. The van der Waals surface area contributed by atoms with E-state index >= 15 is 0 Å². The van der Waals surface area contributed by atoms with Gasteiger partial charge in [-0.25, -0.2) is 0 Å². The fourth-order valence-corrected chi connectivity index (χ4v) is 2.01. The molecule has 2 amide bonds. The number of furan rings is 1. The minimum absolute atomic E-state index is 0.0619. The molecule has 0 fully saturated rings. The highest BCUT2D eigenvalue weighted by Gasteiger charge is 2.16. The van der Waals surface area contributed by atoms with Gasteiger partial charge in [-0.2, -0.15) is 0 Å². The molecule has 2 aromatic rings. The van der Waals surface area contributed by atoms with Crippen LogP contribution in [0.4, 0.5) is 0 Å². The first-order chi connectivity index (χ1) is 11.9. The van der Waals surface area contributed by atoms with Crippen LogP contribution in [0.1, 0.15) is 28.6 Å². The van der Waals surface area contributed by atoms with Crippen LogP contribution in [0.2, 0.25) is 0 Å². The lowest BCUT2D eigenvalue weighted by Crippen LogP contribution is -2.51. The number of ether oxygens (including phenoxy) is 1. The first-order valence-electron chi connectivity index (χ1n) is 7.55. The topological polar surface area (TPSA) is 92.6 Å². The number of hydrazine groups is 1. The lowest BCUT2D eigenvalue weighted by molar-refractivity contribution is -0.127. The van der Waals surface area contributed by atoms with Crippen molar-refractivity contribution >= 4 is 29.1 Å². The Morgan fingerprint density at radius 1 is 1.16 bits per heavy atom. The highest BCUT2D eigenvalue weighted by atomic mass is 32.1. The third-order valence-corrected chi connectivity index (χ3v) is 3.64. The molecule has 0 bridgehead atoms. The first-order valence-corrected chi connectivity index (χ1v) is 7.96. The Labute approximate surface area is 150 Å². The lowest BCUT2D eigenvalue weighted by Gasteiger charge is -2.16. The van der Waals surface area contributed by atoms with Gasteiger partial charge in [0, 0.05) is 0 Å². The maximum absolute atomic E-state index is 12.0. The SMILES string of the molecule is Cc1ccc(OC(C)C(=O)NNC(=S)NC(=O)c2ccco2)cc1C. The van der Waals surface area contributed by atoms with E-state index < -0.39 is 17.9 Å². The average molecular weight is 361 g/mol. The highest BCUT2D eigenvalue weighted by Crippen LogP contribution is 2.17. The van der Waals surface area contributed by atoms with E-state index in [1.165, 1.54) is 12.3 Å². The monoisotopic (exact) mass is 361 g/mol. The second-order valence-electron chi connectivity index (χ2n) is 5.38. The molecule has 0 aliphatic carbocycles. The zero-order chi connectivity index (χ0) is 18.4. The Kier molecular flexibility index (Phi) is 6.13. The lowest BCUT2D eigenvalue weighted by atomic mass is 10.1. The molecule has 1 aromatic carbocycles. The van der Waals surface area contributed by atoms with Gasteiger partial charge >= 0.3 is 0 Å². The zero-order valence-electron chi connectivity index (χ0n) is 14.1. The maximum atomic E-state index is 12.0. The van der Waals surface area contributed by atoms with Crippen molar-refractivity contribution in [3.63, 3.8) is 0 Å². The molecule has 8 heteroatoms. The van der Waals surface area contributed by atoms with Crippen LogP contribution in [0, 0.1) is 13.8 Å². The fourth-order valence-electron chi connectivity index (χ4n) is 1.87. The smallest absolute Gasteiger partial charge is 0.293 e. The number of thiocarbonyl (C=S) groups is 1. The predicted octanol–water partition coefficient (Wildman–Crippen LogP) is 2.00. The van der Waals surface area contributed by atoms with Gasteiger partial charge < -0.3 is 9.15 Å². The Balaban J connectivity index is 1.79. The molecule has 0 radical (unpaired) electrons. The van der Waals surface area contributed by atoms with Crippen LogP contribution >= 0.6 is 12.2 Å². The molecule has 2 rings (SSSR count). The van der Waals surface area contributed by atoms with Crippen LogP contribution in [0.15, 0.2) is 41.0 Å². The van der Waals surface area contributed by atoms with E-state index in [1.54, 1.807) is 19.1 Å². The van der Waals surface area contributed by atoms with E-state index in [9.17, 15) is 9.59 Å². The van der Waals surface area contributed by atoms with Gasteiger partial charge in [-0.3, -0.25) is 25.8 Å². The van der Waals surface area contributed by atoms with Crippen molar-refractivity contribution in [2.24, 2.45) is 0 Å². The van der Waals surface area contributed by atoms with Crippen molar-refractivity contribution < 1.29 is 18.7 Å². The molecule has 1 aromatic heterocycles. The molecule has 1 heterocycles. The van der Waals surface area contributed by atoms with Crippen LogP contribution in [-0.4, -0.2) is 23.0 Å². The van der Waals surface area contributed by atoms with E-state index in [0.717, 1.165) is 11.1 Å². The van der Waals surface area contributed by atoms with Gasteiger partial charge in [0.25, 0.3) is 11.8 Å². The molecule has 0 saturated heterocycles. The third-order valence-electron chi connectivity index (χ3n) is 3.43. The minimum atomic E-state index is -0.752. The van der Waals surface area contributed by atoms with Gasteiger partial charge in [0.2, 0.25) is 0 Å². The summed E-state index contributed by atoms with van der Waals surface area (Å²) in [5.74, 6) is -0.245. The van der Waals surface area contributed by atoms with Crippen LogP contribution in [0.3, 0.4) is 0 Å². The largest absolute Gasteiger partial charge is 0.481 e. The number of carbonyl (C=O) groups excluding carboxylic acids is 2. The Morgan fingerprint density at radius 2 is 1.92 bits per heavy atom. The normalized spacial score (nSPS) is 11.3. The number of amides is 2. The zero-order valence-corrected chi connectivity index (χ0v) is 14.9. The van der Waals surface area contributed by atoms with E-state index in [0.29, 0.717) is 5.75 Å². The van der Waals surface area contributed by atoms with Crippen LogP contribution < -0.4 is 20.9 Å². The van der Waals surface area contributed by atoms with Crippen molar-refractivity contribution in [2.75, 3.05) is 0 Å². The molecule has 25 heavy (non-hydrogen) atoms. The summed E-state index contributed by atoms with van der Waals surface area (Å²) in [4.78, 5) is 23.8. The van der Waals surface area contributed by atoms with Gasteiger partial charge in [0.1, 0.15) is 5.75 Å². The Morgan fingerprint density at radius 3 is 2.56 bits per heavy atom. The average Bonchev–Trinajstić information content (AvgIpc) is 3.10. The molecule has 0 aliphatic rings. The molecule has 0 aliphatic heterocycles. The molecule has 1 unspecified atom stereocenters. The quantitative estimate of drug-likeness (QED) is 0.570. The van der Waals surface area contributed by atoms with Crippen molar-refractivity contribution in [2.45, 2.75) is 26.9 Å². The molecular formula is C17H19N3O4S. The summed E-state index contributed by atoms with van der Waals surface area (Å²) < 4.78 is 10.5. The molecule has 7 nitrogen and oxygen atoms in total. The standard InChI is InChI=1S/C17H19N3O4S/c1-10-6-7-13(9-11(10)2)24-12(3)15(21)19-20-17(25)18-16(22)14-5-4-8-23-14/h4-9,12H,1-3H3,(H,19,21)(H2,18,20,22,25). The van der Waals surface area contributed by atoms with E-state index in [2.05, 4.69) is 16.2 Å². The summed E-state index contributed by atoms with van der Waals surface area (Å²) in [6.45, 7) is 5.57. The van der Waals surface area contributed by atoms with Gasteiger partial charge in [-0.05, 0) is 68.4 Å². The van der Waals surface area contributed by atoms with Crippen molar-refractivity contribution in [3.05, 3.63) is 53.5 Å². The molecule has 1 atom stereocenters. The van der Waals surface area contributed by atoms with E-state index in [4.69, 9.17) is 21.4 Å². The summed E-state index contributed by atoms with van der Waals surface area (Å²) in [6, 6.07) is 8.66. The van der Waals surface area contributed by atoms with Crippen molar-refractivity contribution in [1.82, 2.24) is 16.2 Å². The summed E-state index contributed by atoms with van der Waals surface area (Å²) in [7, 11) is 0. The van der Waals surface area contributed by atoms with Crippen molar-refractivity contribution in [3.8, 4) is 5.75 Å². The van der Waals surface area contributed by atoms with Gasteiger partial charge in [-0.1, -0.05) is 6.07 Å². The number of nitrogens with one attached hydrogen (secondary N) is 3. The molecule has 132 valence electrons. The number of hydrogen-bond donors (Lipinski definition) is 3. The number of benzene rings is 1. The van der Waals surface area contributed by atoms with Gasteiger partial charge in [0.05, 0.1) is 6.26 Å². The van der Waals surface area contributed by atoms with Crippen LogP contribution in [-0.2, 0) is 4.79 Å². The second-order valence-corrected chi connectivity index (χ2v) is 5.79. The Hall–Kier alpha value is -2.87. The summed E-state index contributed by atoms with van der Waals surface area (Å²) in [5, 5.41) is 2.31. The maximum Gasteiger partial charge on any atom is 0.293 e. The second kappa shape index (κ2) is 8.29. The van der Waals surface area contributed by atoms with E-state index in [-0.39, 0.29) is 10.9 Å². The predicted molar refractivity (Wildman–Crippen MR) is 96.1 cm³/mol. The number of aryl methyl sites for hydroxylation is 2. The van der Waals surface area contributed by atoms with Gasteiger partial charge in [0.15, 0.2) is 17.0 Å². The summed E-state index contributed by atoms with van der Waals surface area (Å²) >= 11 is 4.93. The number of rotatable bonds is 4. The molecule has 0 spiro atoms. The fraction of sp³-hybridized carbons (Fsp3) is 0.235. The van der Waals surface area contributed by atoms with Crippen LogP contribution in [0.5, 0.6) is 5.75 Å².